The van der Waals surface area contributed by atoms with Gasteiger partial charge in [0.15, 0.2) is 31.2 Å². The van der Waals surface area contributed by atoms with Crippen LogP contribution in [-0.4, -0.2) is 356 Å². The Kier molecular flexibility index (Phi) is 36.1. The van der Waals surface area contributed by atoms with Crippen molar-refractivity contribution in [2.45, 2.75) is 235 Å². The molecule has 3 aromatic heterocycles. The van der Waals surface area contributed by atoms with Gasteiger partial charge in [-0.15, -0.1) is 20.5 Å². The van der Waals surface area contributed by atoms with Crippen LogP contribution in [0.3, 0.4) is 0 Å². The van der Waals surface area contributed by atoms with Crippen LogP contribution in [0.1, 0.15) is 201 Å². The van der Waals surface area contributed by atoms with Crippen LogP contribution in [-0.2, 0) is 21.1 Å². The van der Waals surface area contributed by atoms with E-state index in [0.29, 0.717) is 41.3 Å². The number of imidazole rings is 3. The summed E-state index contributed by atoms with van der Waals surface area (Å²) in [6, 6.07) is 46.0. The molecule has 7 aliphatic rings. The Morgan fingerprint density at radius 3 is 1.12 bits per heavy atom. The summed E-state index contributed by atoms with van der Waals surface area (Å²) in [6.07, 6.45) is 11.9. The molecule has 5 fully saturated rings. The van der Waals surface area contributed by atoms with Gasteiger partial charge in [-0.05, 0) is 109 Å². The molecule has 6 aromatic carbocycles. The van der Waals surface area contributed by atoms with Crippen molar-refractivity contribution < 1.29 is 13.7 Å². The predicted molar refractivity (Wildman–Crippen MR) is 640 cm³/mol. The molecule has 9 aromatic rings. The number of hydrogen-bond acceptors (Lipinski definition) is 4. The van der Waals surface area contributed by atoms with Crippen LogP contribution < -0.4 is 23.5 Å². The summed E-state index contributed by atoms with van der Waals surface area (Å²) in [7, 11) is 140. The zero-order chi connectivity index (χ0) is 102. The third-order valence-corrected chi connectivity index (χ3v) is 33.6. The van der Waals surface area contributed by atoms with Crippen molar-refractivity contribution in [3.63, 3.8) is 0 Å². The Bertz CT molecular complexity index is 5610. The SMILES string of the molecule is CB1CC1c1n(-c2c(C(C)C)cccc2C(C)C)c2ccccc2[n+]1C.[B][B]B(B([B])[B])C1(B([B])[B])B(C)C1N1C=CN(C)[C@@H]1C.[B][B]B(B([B])[B])C1(B([B])[B])B(C)C1N1c2ccccc2N(C)[C@@H]1C.[B][B]B(B([B])[B])C1(B([B])[B])B(C)C1c1n(-c2c(C(C)C)cc(-c3ccccc3)cc2C(C)C)cc[n+]1C.[B][B]B(B([B])[B])C1(B([B])[B])B(C)C1c1n(-c2c(C(C)C)cccc2C(C)C)cc[n+]1C. The van der Waals surface area contributed by atoms with E-state index < -0.39 is 66.9 Å². The summed E-state index contributed by atoms with van der Waals surface area (Å²) in [5, 5.41) is -1.85. The second kappa shape index (κ2) is 44.6. The first-order valence-electron chi connectivity index (χ1n) is 50.2. The molecule has 632 valence electrons. The first-order valence-corrected chi connectivity index (χ1v) is 50.2. The van der Waals surface area contributed by atoms with Crippen LogP contribution in [0.4, 0.5) is 11.4 Å². The van der Waals surface area contributed by atoms with Crippen LogP contribution >= 0.6 is 0 Å². The van der Waals surface area contributed by atoms with Gasteiger partial charge >= 0.3 is 0 Å². The maximum Gasteiger partial charge on any atom is 0.257 e. The Morgan fingerprint density at radius 1 is 0.391 bits per heavy atom. The van der Waals surface area contributed by atoms with Crippen molar-refractivity contribution in [2.24, 2.45) is 21.1 Å². The average molecular weight is 1740 g/mol. The number of aryl methyl sites for hydroxylation is 3. The summed E-state index contributed by atoms with van der Waals surface area (Å²) < 4.78 is 14.0. The van der Waals surface area contributed by atoms with Crippen LogP contribution in [0.25, 0.3) is 39.2 Å². The second-order valence-electron chi connectivity index (χ2n) is 43.2. The van der Waals surface area contributed by atoms with E-state index in [0.717, 1.165) is 18.4 Å². The lowest BCUT2D eigenvalue weighted by molar-refractivity contribution is -0.678. The van der Waals surface area contributed by atoms with Crippen LogP contribution in [0.15, 0.2) is 165 Å². The Morgan fingerprint density at radius 2 is 0.746 bits per heavy atom. The lowest BCUT2D eigenvalue weighted by Crippen LogP contribution is -2.57. The first-order chi connectivity index (χ1) is 65.0. The summed E-state index contributed by atoms with van der Waals surface area (Å²) in [4.78, 5) is 9.07. The number of fused-ring (bicyclic) bond motifs is 2. The third-order valence-electron chi connectivity index (χ3n) is 33.6. The fourth-order valence-corrected chi connectivity index (χ4v) is 25.6. The molecular formula is C87H114B41N10+3. The van der Waals surface area contributed by atoms with E-state index >= 15 is 0 Å². The Hall–Kier alpha value is -5.19. The maximum atomic E-state index is 6.49. The van der Waals surface area contributed by atoms with E-state index in [2.05, 4.69) is 365 Å². The lowest BCUT2D eigenvalue weighted by Gasteiger charge is -2.38. The smallest absolute Gasteiger partial charge is 0.257 e. The van der Waals surface area contributed by atoms with Crippen molar-refractivity contribution >= 4 is 316 Å². The van der Waals surface area contributed by atoms with Gasteiger partial charge in [-0.25, -0.2) is 13.7 Å². The van der Waals surface area contributed by atoms with Crippen LogP contribution in [0.5, 0.6) is 0 Å². The normalized spacial score (nSPS) is 22.2. The zero-order valence-electron chi connectivity index (χ0n) is 86.9. The zero-order valence-corrected chi connectivity index (χ0v) is 86.9. The summed E-state index contributed by atoms with van der Waals surface area (Å²) >= 11 is 0. The number of aromatic nitrogens is 6. The van der Waals surface area contributed by atoms with Crippen molar-refractivity contribution in [3.8, 4) is 28.2 Å². The van der Waals surface area contributed by atoms with Gasteiger partial charge in [0.25, 0.3) is 17.5 Å². The highest BCUT2D eigenvalue weighted by molar-refractivity contribution is 7.79. The highest BCUT2D eigenvalue weighted by atomic mass is 15.4. The predicted octanol–water partition coefficient (Wildman–Crippen LogP) is 4.49. The van der Waals surface area contributed by atoms with Crippen molar-refractivity contribution in [3.05, 3.63) is 215 Å². The molecule has 10 heterocycles. The van der Waals surface area contributed by atoms with Gasteiger partial charge in [0, 0.05) is 338 Å². The first kappa shape index (κ1) is 112. The largest absolute Gasteiger partial charge is 0.362 e. The molecule has 0 spiro atoms. The number of rotatable bonds is 31. The standard InChI is InChI=1S/C25H30B10N2.C23H30BN2.C19H26B10N2.C12H15B10N2.C8H13B10N2/c1-16(2)20-14-19(18-10-8-7-9-11-18)15-21(17(3)4)22(20)37-13-12-36(6)24(37)23-25(32(23)5,33(27)28)34(31-26)35(29)30;1-15(2)17-10-9-11-18(16(3)4)22(17)26-21-13-8-7-12-20(21)25(6)23(26)19-14-24(19)5;1-12(2)14-8-7-9-15(13(3)4)16(14)31-11-10-30(6)18(31)17-19(26(17)5,27(21)22)28(25-20)29(23)24;1-8-23(3)9-6-4-5-7-10(9)24(8)11-12(19(11)2,20(14)15)21(18-13)22(16)17;1-6-19(3)4-5-20(6)7-8(15(7)2,16(10)11)17(14-9)18(12)13/h7-17,23H,1-6H3;7-13,15-16,19H,14H2,1-6H3;7-13,17H,1-6H3;4-8,11H,1-3H3;4-7H,1-3H3/q3*+1;;/t;;;8-,11?,12?;6-,7?,8?/m...00/s1. The molecule has 44 radical (unpaired) electrons. The number of anilines is 2. The molecule has 0 saturated carbocycles. The summed E-state index contributed by atoms with van der Waals surface area (Å²) in [6.45, 7) is 40.8. The third kappa shape index (κ3) is 19.8. The highest BCUT2D eigenvalue weighted by Gasteiger charge is 2.75. The van der Waals surface area contributed by atoms with E-state index in [1.807, 2.05) is 13.2 Å². The van der Waals surface area contributed by atoms with Gasteiger partial charge in [-0.1, -0.05) is 215 Å². The highest BCUT2D eigenvalue weighted by Crippen LogP contribution is 2.68. The molecule has 10 nitrogen and oxygen atoms in total. The molecule has 5 saturated heterocycles. The van der Waals surface area contributed by atoms with Crippen molar-refractivity contribution in [2.75, 3.05) is 23.9 Å². The van der Waals surface area contributed by atoms with Gasteiger partial charge in [-0.3, -0.25) is 0 Å². The van der Waals surface area contributed by atoms with Crippen LogP contribution in [0, 0.1) is 0 Å². The summed E-state index contributed by atoms with van der Waals surface area (Å²) in [5.74, 6) is 7.26. The Balaban J connectivity index is 0.000000157. The monoisotopic (exact) mass is 1750 g/mol. The molecule has 9 unspecified atom stereocenters. The van der Waals surface area contributed by atoms with Crippen LogP contribution in [0.2, 0.25) is 60.9 Å². The minimum absolute atomic E-state index is 0.0423. The summed E-state index contributed by atoms with van der Waals surface area (Å²) in [5.41, 5.74) is 19.5. The second-order valence-corrected chi connectivity index (χ2v) is 43.2. The maximum absolute atomic E-state index is 6.49. The molecule has 0 N–H and O–H groups in total. The molecule has 0 bridgehead atoms. The fourth-order valence-electron chi connectivity index (χ4n) is 25.6. The van der Waals surface area contributed by atoms with E-state index in [1.54, 1.807) is 28.2 Å². The van der Waals surface area contributed by atoms with Gasteiger partial charge in [0.2, 0.25) is 0 Å². The molecule has 16 rings (SSSR count). The molecule has 11 atom stereocenters. The Labute approximate surface area is 870 Å². The topological polar surface area (TPSA) is 39.4 Å². The number of hydrogen-bond donors (Lipinski definition) is 0. The van der Waals surface area contributed by atoms with Crippen molar-refractivity contribution in [1.82, 2.24) is 23.5 Å². The van der Waals surface area contributed by atoms with E-state index in [4.69, 9.17) is 155 Å². The van der Waals surface area contributed by atoms with E-state index in [1.165, 1.54) is 96.1 Å². The fraction of sp³-hybridized carbons (Fsp3) is 0.483. The molecule has 138 heavy (non-hydrogen) atoms. The average Bonchev–Trinajstić information content (AvgIpc) is 1.50. The van der Waals surface area contributed by atoms with Crippen molar-refractivity contribution in [1.29, 1.82) is 0 Å². The van der Waals surface area contributed by atoms with Gasteiger partial charge < -0.3 is 19.6 Å². The quantitative estimate of drug-likeness (QED) is 0.0476. The minimum Gasteiger partial charge on any atom is -0.362 e. The van der Waals surface area contributed by atoms with Gasteiger partial charge in [0.1, 0.15) is 55.3 Å². The number of para-hydroxylation sites is 6. The molecule has 0 amide bonds. The molecular weight excluding hydrogens is 1630 g/mol. The number of benzene rings is 6. The van der Waals surface area contributed by atoms with E-state index in [9.17, 15) is 0 Å². The molecule has 0 aliphatic carbocycles. The lowest BCUT2D eigenvalue weighted by atomic mass is 8.73. The van der Waals surface area contributed by atoms with Gasteiger partial charge in [0.05, 0.1) is 44.8 Å². The minimum atomic E-state index is -0.650. The molecule has 7 aliphatic heterocycles. The number of nitrogens with zero attached hydrogens (tertiary/aromatic N) is 10. The van der Waals surface area contributed by atoms with Gasteiger partial charge in [-0.2, -0.15) is 13.7 Å². The molecule has 51 heteroatoms. The van der Waals surface area contributed by atoms with E-state index in [-0.39, 0.29) is 93.8 Å².